The van der Waals surface area contributed by atoms with Crippen molar-refractivity contribution in [2.24, 2.45) is 5.73 Å². The summed E-state index contributed by atoms with van der Waals surface area (Å²) >= 11 is 0. The Morgan fingerprint density at radius 1 is 0.944 bits per heavy atom. The predicted molar refractivity (Wildman–Crippen MR) is 73.5 cm³/mol. The molecular weight excluding hydrogens is 227 g/mol. The van der Waals surface area contributed by atoms with Crippen molar-refractivity contribution < 1.29 is 4.39 Å². The number of anilines is 2. The highest BCUT2D eigenvalue weighted by Gasteiger charge is 2.05. The lowest BCUT2D eigenvalue weighted by atomic mass is 10.1. The molecule has 0 spiro atoms. The third-order valence-corrected chi connectivity index (χ3v) is 3.02. The number of hydrogen-bond donors (Lipinski definition) is 1. The van der Waals surface area contributed by atoms with Crippen molar-refractivity contribution in [2.75, 3.05) is 11.9 Å². The number of benzene rings is 2. The van der Waals surface area contributed by atoms with E-state index in [1.807, 2.05) is 43.1 Å². The van der Waals surface area contributed by atoms with Crippen LogP contribution in [0.2, 0.25) is 0 Å². The first kappa shape index (κ1) is 12.6. The molecule has 2 N–H and O–H groups in total. The van der Waals surface area contributed by atoms with Crippen molar-refractivity contribution in [3.05, 3.63) is 59.9 Å². The number of nitrogens with two attached hydrogens (primary N) is 1. The molecule has 0 aliphatic rings. The van der Waals surface area contributed by atoms with E-state index in [-0.39, 0.29) is 11.9 Å². The van der Waals surface area contributed by atoms with Gasteiger partial charge in [0.05, 0.1) is 0 Å². The molecule has 2 aromatic carbocycles. The highest BCUT2D eigenvalue weighted by molar-refractivity contribution is 5.62. The van der Waals surface area contributed by atoms with E-state index in [0.29, 0.717) is 0 Å². The van der Waals surface area contributed by atoms with Crippen LogP contribution < -0.4 is 10.6 Å². The van der Waals surface area contributed by atoms with Crippen molar-refractivity contribution in [3.63, 3.8) is 0 Å². The van der Waals surface area contributed by atoms with Gasteiger partial charge in [-0.1, -0.05) is 12.1 Å². The first-order valence-electron chi connectivity index (χ1n) is 5.93. The molecule has 0 saturated heterocycles. The lowest BCUT2D eigenvalue weighted by Gasteiger charge is -2.20. The molecule has 0 fully saturated rings. The Labute approximate surface area is 107 Å². The van der Waals surface area contributed by atoms with Crippen molar-refractivity contribution in [2.45, 2.75) is 13.0 Å². The summed E-state index contributed by atoms with van der Waals surface area (Å²) in [6.07, 6.45) is 0. The summed E-state index contributed by atoms with van der Waals surface area (Å²) < 4.78 is 12.9. The molecule has 0 aliphatic carbocycles. The smallest absolute Gasteiger partial charge is 0.123 e. The minimum absolute atomic E-state index is 0.0372. The van der Waals surface area contributed by atoms with Crippen LogP contribution in [0.1, 0.15) is 18.5 Å². The molecule has 3 heteroatoms. The van der Waals surface area contributed by atoms with Crippen LogP contribution in [0.15, 0.2) is 48.5 Å². The zero-order valence-electron chi connectivity index (χ0n) is 10.6. The zero-order valence-corrected chi connectivity index (χ0v) is 10.6. The maximum Gasteiger partial charge on any atom is 0.123 e. The molecule has 0 radical (unpaired) electrons. The maximum absolute atomic E-state index is 12.9. The molecule has 2 nitrogen and oxygen atoms in total. The van der Waals surface area contributed by atoms with Gasteiger partial charge in [-0.05, 0) is 48.9 Å². The number of hydrogen-bond acceptors (Lipinski definition) is 2. The summed E-state index contributed by atoms with van der Waals surface area (Å²) in [6, 6.07) is 14.5. The van der Waals surface area contributed by atoms with Gasteiger partial charge in [0.15, 0.2) is 0 Å². The van der Waals surface area contributed by atoms with Crippen LogP contribution in [0.25, 0.3) is 0 Å². The maximum atomic E-state index is 12.9. The van der Waals surface area contributed by atoms with E-state index >= 15 is 0 Å². The average Bonchev–Trinajstić information content (AvgIpc) is 2.39. The Kier molecular flexibility index (Phi) is 3.63. The van der Waals surface area contributed by atoms with Gasteiger partial charge in [0, 0.05) is 24.5 Å². The van der Waals surface area contributed by atoms with E-state index in [1.165, 1.54) is 12.1 Å². The SMILES string of the molecule is C[C@@H](N)c1ccc(N(C)c2ccc(F)cc2)cc1. The van der Waals surface area contributed by atoms with E-state index in [1.54, 1.807) is 12.1 Å². The predicted octanol–water partition coefficient (Wildman–Crippen LogP) is 3.61. The van der Waals surface area contributed by atoms with Gasteiger partial charge in [-0.3, -0.25) is 0 Å². The number of rotatable bonds is 3. The Balaban J connectivity index is 2.23. The fourth-order valence-electron chi connectivity index (χ4n) is 1.82. The fourth-order valence-corrected chi connectivity index (χ4v) is 1.82. The summed E-state index contributed by atoms with van der Waals surface area (Å²) in [4.78, 5) is 2.00. The van der Waals surface area contributed by atoms with Crippen LogP contribution >= 0.6 is 0 Å². The van der Waals surface area contributed by atoms with Crippen molar-refractivity contribution in [1.82, 2.24) is 0 Å². The first-order chi connectivity index (χ1) is 8.58. The second kappa shape index (κ2) is 5.19. The molecule has 0 bridgehead atoms. The lowest BCUT2D eigenvalue weighted by Crippen LogP contribution is -2.10. The monoisotopic (exact) mass is 244 g/mol. The van der Waals surface area contributed by atoms with Crippen LogP contribution in [-0.4, -0.2) is 7.05 Å². The third-order valence-electron chi connectivity index (χ3n) is 3.02. The van der Waals surface area contributed by atoms with Gasteiger partial charge >= 0.3 is 0 Å². The number of halogens is 1. The molecule has 0 aromatic heterocycles. The molecular formula is C15H17FN2. The minimum Gasteiger partial charge on any atom is -0.345 e. The van der Waals surface area contributed by atoms with Gasteiger partial charge in [0.1, 0.15) is 5.82 Å². The second-order valence-corrected chi connectivity index (χ2v) is 4.42. The number of nitrogens with zero attached hydrogens (tertiary/aromatic N) is 1. The van der Waals surface area contributed by atoms with Crippen LogP contribution in [-0.2, 0) is 0 Å². The molecule has 18 heavy (non-hydrogen) atoms. The third kappa shape index (κ3) is 2.68. The highest BCUT2D eigenvalue weighted by atomic mass is 19.1. The summed E-state index contributed by atoms with van der Waals surface area (Å²) in [6.45, 7) is 1.96. The lowest BCUT2D eigenvalue weighted by molar-refractivity contribution is 0.628. The topological polar surface area (TPSA) is 29.3 Å². The van der Waals surface area contributed by atoms with Gasteiger partial charge in [-0.25, -0.2) is 4.39 Å². The largest absolute Gasteiger partial charge is 0.345 e. The average molecular weight is 244 g/mol. The molecule has 0 saturated carbocycles. The highest BCUT2D eigenvalue weighted by Crippen LogP contribution is 2.24. The fraction of sp³-hybridized carbons (Fsp3) is 0.200. The van der Waals surface area contributed by atoms with Gasteiger partial charge in [-0.2, -0.15) is 0 Å². The van der Waals surface area contributed by atoms with Crippen LogP contribution in [0.5, 0.6) is 0 Å². The molecule has 2 rings (SSSR count). The van der Waals surface area contributed by atoms with Gasteiger partial charge in [0.2, 0.25) is 0 Å². The Morgan fingerprint density at radius 2 is 1.39 bits per heavy atom. The normalized spacial score (nSPS) is 12.2. The summed E-state index contributed by atoms with van der Waals surface area (Å²) in [7, 11) is 1.95. The minimum atomic E-state index is -0.223. The molecule has 1 atom stereocenters. The Bertz CT molecular complexity index is 503. The summed E-state index contributed by atoms with van der Waals surface area (Å²) in [5, 5.41) is 0. The molecule has 0 unspecified atom stereocenters. The zero-order chi connectivity index (χ0) is 13.1. The van der Waals surface area contributed by atoms with Crippen molar-refractivity contribution in [3.8, 4) is 0 Å². The molecule has 0 amide bonds. The molecule has 0 heterocycles. The Hall–Kier alpha value is -1.87. The molecule has 94 valence electrons. The summed E-state index contributed by atoms with van der Waals surface area (Å²) in [5.74, 6) is -0.223. The van der Waals surface area contributed by atoms with Crippen molar-refractivity contribution >= 4 is 11.4 Å². The van der Waals surface area contributed by atoms with Gasteiger partial charge < -0.3 is 10.6 Å². The van der Waals surface area contributed by atoms with Crippen LogP contribution in [0, 0.1) is 5.82 Å². The second-order valence-electron chi connectivity index (χ2n) is 4.42. The first-order valence-corrected chi connectivity index (χ1v) is 5.93. The van der Waals surface area contributed by atoms with Gasteiger partial charge in [0.25, 0.3) is 0 Å². The molecule has 0 aliphatic heterocycles. The van der Waals surface area contributed by atoms with Crippen LogP contribution in [0.4, 0.5) is 15.8 Å². The Morgan fingerprint density at radius 3 is 1.83 bits per heavy atom. The quantitative estimate of drug-likeness (QED) is 0.893. The van der Waals surface area contributed by atoms with Crippen LogP contribution in [0.3, 0.4) is 0 Å². The molecule has 2 aromatic rings. The van der Waals surface area contributed by atoms with Crippen molar-refractivity contribution in [1.29, 1.82) is 0 Å². The van der Waals surface area contributed by atoms with E-state index in [0.717, 1.165) is 16.9 Å². The van der Waals surface area contributed by atoms with E-state index in [4.69, 9.17) is 5.73 Å². The van der Waals surface area contributed by atoms with E-state index in [9.17, 15) is 4.39 Å². The summed E-state index contributed by atoms with van der Waals surface area (Å²) in [5.41, 5.74) is 8.91. The standard InChI is InChI=1S/C15H17FN2/c1-11(17)12-3-7-14(8-4-12)18(2)15-9-5-13(16)6-10-15/h3-11H,17H2,1-2H3/t11-/m1/s1. The van der Waals surface area contributed by atoms with Gasteiger partial charge in [-0.15, -0.1) is 0 Å². The van der Waals surface area contributed by atoms with E-state index in [2.05, 4.69) is 0 Å². The van der Waals surface area contributed by atoms with E-state index < -0.39 is 0 Å².